The maximum atomic E-state index is 13.8. The number of ether oxygens (including phenoxy) is 1. The highest BCUT2D eigenvalue weighted by Crippen LogP contribution is 2.41. The van der Waals surface area contributed by atoms with Crippen LogP contribution in [0.4, 0.5) is 22.4 Å². The van der Waals surface area contributed by atoms with Crippen molar-refractivity contribution >= 4 is 29.3 Å². The fourth-order valence-electron chi connectivity index (χ4n) is 6.51. The summed E-state index contributed by atoms with van der Waals surface area (Å²) in [4.78, 5) is 30.0. The predicted octanol–water partition coefficient (Wildman–Crippen LogP) is 5.59. The van der Waals surface area contributed by atoms with Crippen LogP contribution < -0.4 is 15.5 Å². The van der Waals surface area contributed by atoms with Crippen LogP contribution in [0.2, 0.25) is 0 Å². The number of hydrogen-bond donors (Lipinski definition) is 2. The van der Waals surface area contributed by atoms with Crippen molar-refractivity contribution < 1.29 is 14.1 Å². The SMILES string of the molecule is CCC/C(CCCNc1ncc(C#N)c(N2CCC23CCCOC3)n1)=[N+](\C(=O)NCc1ccccc1)c1ccc(-c2cnn(C)c2)cn1. The van der Waals surface area contributed by atoms with Gasteiger partial charge in [-0.15, -0.1) is 4.98 Å². The highest BCUT2D eigenvalue weighted by molar-refractivity contribution is 5.87. The van der Waals surface area contributed by atoms with E-state index in [0.29, 0.717) is 49.3 Å². The zero-order valence-corrected chi connectivity index (χ0v) is 27.7. The summed E-state index contributed by atoms with van der Waals surface area (Å²) in [5.41, 5.74) is 4.29. The van der Waals surface area contributed by atoms with Crippen LogP contribution in [0.1, 0.15) is 63.0 Å². The van der Waals surface area contributed by atoms with E-state index in [1.807, 2.05) is 55.7 Å². The molecule has 2 aliphatic heterocycles. The number of anilines is 2. The van der Waals surface area contributed by atoms with E-state index >= 15 is 0 Å². The standard InChI is InChI=1S/C36H42N10O2/c1-3-9-31(12-7-17-38-34-40-23-29(20-37)33(43-34)45-18-16-36(45)15-8-19-48-26-36)46(35(47)41-21-27-10-5-4-6-11-27)32-14-13-28(22-39-32)30-24-42-44(2)25-30/h4-6,10-11,13-14,22-25H,3,7-9,12,15-19,21,26H2,1-2H3,(H-,38,40,41,43,47)/p+1/b46-31+. The molecule has 1 aromatic carbocycles. The Morgan fingerprint density at radius 3 is 2.62 bits per heavy atom. The molecule has 1 spiro atoms. The van der Waals surface area contributed by atoms with Crippen LogP contribution in [0.15, 0.2) is 67.3 Å². The molecule has 2 N–H and O–H groups in total. The van der Waals surface area contributed by atoms with Gasteiger partial charge in [-0.05, 0) is 50.2 Å². The number of benzene rings is 1. The topological polar surface area (TPSA) is 137 Å². The van der Waals surface area contributed by atoms with Gasteiger partial charge in [0, 0.05) is 56.6 Å². The second kappa shape index (κ2) is 15.2. The van der Waals surface area contributed by atoms with Crippen molar-refractivity contribution in [2.24, 2.45) is 7.05 Å². The van der Waals surface area contributed by atoms with Crippen LogP contribution in [-0.2, 0) is 18.3 Å². The number of carbonyl (C=O) groups is 1. The van der Waals surface area contributed by atoms with E-state index in [-0.39, 0.29) is 11.6 Å². The Morgan fingerprint density at radius 1 is 1.08 bits per heavy atom. The zero-order chi connectivity index (χ0) is 33.3. The van der Waals surface area contributed by atoms with Gasteiger partial charge in [0.1, 0.15) is 17.8 Å². The van der Waals surface area contributed by atoms with Gasteiger partial charge in [0.25, 0.3) is 5.82 Å². The molecule has 1 unspecified atom stereocenters. The molecule has 2 saturated heterocycles. The number of hydrogen-bond acceptors (Lipinski definition) is 9. The van der Waals surface area contributed by atoms with Crippen LogP contribution in [0.5, 0.6) is 0 Å². The lowest BCUT2D eigenvalue weighted by atomic mass is 9.79. The van der Waals surface area contributed by atoms with Crippen LogP contribution in [0, 0.1) is 11.3 Å². The van der Waals surface area contributed by atoms with Gasteiger partial charge in [-0.3, -0.25) is 10.00 Å². The van der Waals surface area contributed by atoms with Crippen LogP contribution >= 0.6 is 0 Å². The third-order valence-electron chi connectivity index (χ3n) is 9.10. The van der Waals surface area contributed by atoms with Crippen molar-refractivity contribution in [2.45, 2.75) is 64.0 Å². The minimum atomic E-state index is -0.216. The number of amides is 2. The minimum absolute atomic E-state index is 0.0751. The number of nitriles is 1. The summed E-state index contributed by atoms with van der Waals surface area (Å²) in [6.07, 6.45) is 13.2. The lowest BCUT2D eigenvalue weighted by molar-refractivity contribution is -0.342. The lowest BCUT2D eigenvalue weighted by Gasteiger charge is -2.55. The molecule has 1 atom stereocenters. The number of nitrogens with one attached hydrogen (secondary N) is 2. The van der Waals surface area contributed by atoms with Gasteiger partial charge >= 0.3 is 6.03 Å². The van der Waals surface area contributed by atoms with Gasteiger partial charge in [0.15, 0.2) is 5.82 Å². The maximum absolute atomic E-state index is 13.8. The first-order chi connectivity index (χ1) is 23.5. The summed E-state index contributed by atoms with van der Waals surface area (Å²) >= 11 is 0. The Labute approximate surface area is 281 Å². The van der Waals surface area contributed by atoms with Gasteiger partial charge in [-0.1, -0.05) is 37.3 Å². The van der Waals surface area contributed by atoms with E-state index in [2.05, 4.69) is 38.6 Å². The number of carbonyl (C=O) groups excluding carboxylic acids is 1. The summed E-state index contributed by atoms with van der Waals surface area (Å²) in [5.74, 6) is 1.73. The molecule has 4 aromatic rings. The Bertz CT molecular complexity index is 1770. The monoisotopic (exact) mass is 647 g/mol. The highest BCUT2D eigenvalue weighted by Gasteiger charge is 2.47. The molecule has 0 aliphatic carbocycles. The largest absolute Gasteiger partial charge is 0.441 e. The molecule has 0 saturated carbocycles. The number of pyridine rings is 1. The number of urea groups is 1. The highest BCUT2D eigenvalue weighted by atomic mass is 16.5. The normalized spacial score (nSPS) is 17.7. The molecule has 2 amide bonds. The van der Waals surface area contributed by atoms with Gasteiger partial charge in [0.2, 0.25) is 5.95 Å². The molecule has 48 heavy (non-hydrogen) atoms. The zero-order valence-electron chi connectivity index (χ0n) is 27.7. The van der Waals surface area contributed by atoms with Crippen LogP contribution in [-0.4, -0.2) is 72.9 Å². The molecular formula is C36H43N10O2+. The molecule has 12 heteroatoms. The first kappa shape index (κ1) is 32.8. The average Bonchev–Trinajstić information content (AvgIpc) is 3.56. The van der Waals surface area contributed by atoms with Crippen molar-refractivity contribution in [1.29, 1.82) is 5.26 Å². The molecule has 12 nitrogen and oxygen atoms in total. The second-order valence-corrected chi connectivity index (χ2v) is 12.5. The van der Waals surface area contributed by atoms with Crippen molar-refractivity contribution in [2.75, 3.05) is 36.5 Å². The van der Waals surface area contributed by atoms with Gasteiger partial charge in [0.05, 0.1) is 36.8 Å². The molecule has 5 heterocycles. The predicted molar refractivity (Wildman–Crippen MR) is 184 cm³/mol. The Morgan fingerprint density at radius 2 is 1.96 bits per heavy atom. The third kappa shape index (κ3) is 7.37. The minimum Gasteiger partial charge on any atom is -0.379 e. The van der Waals surface area contributed by atoms with E-state index in [1.54, 1.807) is 27.8 Å². The lowest BCUT2D eigenvalue weighted by Crippen LogP contribution is -2.64. The molecule has 2 aliphatic rings. The summed E-state index contributed by atoms with van der Waals surface area (Å²) < 4.78 is 9.29. The Hall–Kier alpha value is -5.15. The summed E-state index contributed by atoms with van der Waals surface area (Å²) in [6, 6.07) is 15.8. The molecular weight excluding hydrogens is 604 g/mol. The van der Waals surface area contributed by atoms with Gasteiger partial charge in [-0.25, -0.2) is 9.78 Å². The average molecular weight is 648 g/mol. The van der Waals surface area contributed by atoms with Gasteiger partial charge in [-0.2, -0.15) is 19.9 Å². The van der Waals surface area contributed by atoms with Crippen molar-refractivity contribution in [3.05, 3.63) is 78.4 Å². The third-order valence-corrected chi connectivity index (χ3v) is 9.10. The van der Waals surface area contributed by atoms with Crippen LogP contribution in [0.3, 0.4) is 0 Å². The number of aromatic nitrogens is 5. The van der Waals surface area contributed by atoms with Crippen molar-refractivity contribution in [3.63, 3.8) is 0 Å². The fourth-order valence-corrected chi connectivity index (χ4v) is 6.51. The molecule has 2 fully saturated rings. The number of rotatable bonds is 12. The summed E-state index contributed by atoms with van der Waals surface area (Å²) in [5, 5.41) is 20.5. The van der Waals surface area contributed by atoms with Crippen molar-refractivity contribution in [1.82, 2.24) is 30.0 Å². The van der Waals surface area contributed by atoms with E-state index in [0.717, 1.165) is 74.1 Å². The smallest absolute Gasteiger partial charge is 0.379 e. The molecule has 248 valence electrons. The number of nitrogens with zero attached hydrogens (tertiary/aromatic N) is 8. The van der Waals surface area contributed by atoms with Gasteiger partial charge < -0.3 is 15.0 Å². The quantitative estimate of drug-likeness (QED) is 0.115. The Kier molecular flexibility index (Phi) is 10.4. The summed E-state index contributed by atoms with van der Waals surface area (Å²) in [7, 11) is 1.88. The fraction of sp³-hybridized carbons (Fsp3) is 0.417. The first-order valence-electron chi connectivity index (χ1n) is 16.8. The first-order valence-corrected chi connectivity index (χ1v) is 16.8. The Balaban J connectivity index is 1.19. The number of aryl methyl sites for hydroxylation is 1. The van der Waals surface area contributed by atoms with Crippen LogP contribution in [0.25, 0.3) is 11.1 Å². The van der Waals surface area contributed by atoms with E-state index in [1.165, 1.54) is 0 Å². The van der Waals surface area contributed by atoms with Crippen molar-refractivity contribution in [3.8, 4) is 17.2 Å². The second-order valence-electron chi connectivity index (χ2n) is 12.5. The van der Waals surface area contributed by atoms with E-state index in [4.69, 9.17) is 14.7 Å². The van der Waals surface area contributed by atoms with E-state index < -0.39 is 0 Å². The molecule has 3 aromatic heterocycles. The maximum Gasteiger partial charge on any atom is 0.441 e. The molecule has 6 rings (SSSR count). The molecule has 0 radical (unpaired) electrons. The van der Waals surface area contributed by atoms with E-state index in [9.17, 15) is 10.1 Å². The molecule has 0 bridgehead atoms. The summed E-state index contributed by atoms with van der Waals surface area (Å²) in [6.45, 7) is 5.42.